The first-order chi connectivity index (χ1) is 8.30. The zero-order valence-electron chi connectivity index (χ0n) is 11.1. The van der Waals surface area contributed by atoms with Crippen LogP contribution in [0.15, 0.2) is 0 Å². The quantitative estimate of drug-likeness (QED) is 0.659. The van der Waals surface area contributed by atoms with Gasteiger partial charge in [0.25, 0.3) is 0 Å². The summed E-state index contributed by atoms with van der Waals surface area (Å²) in [5.74, 6) is -1.12. The first-order valence-electron chi connectivity index (χ1n) is 5.77. The van der Waals surface area contributed by atoms with Gasteiger partial charge in [-0.15, -0.1) is 0 Å². The highest BCUT2D eigenvalue weighted by Gasteiger charge is 2.44. The molecule has 1 amide bonds. The molecule has 1 aliphatic heterocycles. The maximum atomic E-state index is 11.9. The standard InChI is InChI=1S/C12H18N2O4/c1-12(2,3)18-11(16)14-6-5-8(7-13)9(14)10(15)17-4/h8-9H,5-6H2,1-4H3/t8-,9+/m1/s1. The van der Waals surface area contributed by atoms with Gasteiger partial charge in [-0.25, -0.2) is 9.59 Å². The molecule has 6 nitrogen and oxygen atoms in total. The SMILES string of the molecule is COC(=O)[C@@H]1[C@@H](C#N)CCN1C(=O)OC(C)(C)C. The van der Waals surface area contributed by atoms with Crippen LogP contribution in [0.25, 0.3) is 0 Å². The average Bonchev–Trinajstić information content (AvgIpc) is 2.69. The Morgan fingerprint density at radius 1 is 1.39 bits per heavy atom. The van der Waals surface area contributed by atoms with Crippen molar-refractivity contribution in [3.05, 3.63) is 0 Å². The number of nitrogens with zero attached hydrogens (tertiary/aromatic N) is 2. The van der Waals surface area contributed by atoms with Gasteiger partial charge in [0, 0.05) is 6.54 Å². The van der Waals surface area contributed by atoms with E-state index in [1.54, 1.807) is 20.8 Å². The van der Waals surface area contributed by atoms with Gasteiger partial charge in [-0.3, -0.25) is 4.90 Å². The fourth-order valence-electron chi connectivity index (χ4n) is 1.87. The van der Waals surface area contributed by atoms with Crippen molar-refractivity contribution in [2.45, 2.75) is 38.8 Å². The first-order valence-corrected chi connectivity index (χ1v) is 5.77. The number of carbonyl (C=O) groups is 2. The Morgan fingerprint density at radius 3 is 2.44 bits per heavy atom. The monoisotopic (exact) mass is 254 g/mol. The molecule has 0 aliphatic carbocycles. The summed E-state index contributed by atoms with van der Waals surface area (Å²) in [5.41, 5.74) is -0.636. The van der Waals surface area contributed by atoms with Gasteiger partial charge in [0.15, 0.2) is 0 Å². The van der Waals surface area contributed by atoms with Gasteiger partial charge in [0.1, 0.15) is 11.6 Å². The van der Waals surface area contributed by atoms with Gasteiger partial charge >= 0.3 is 12.1 Å². The van der Waals surface area contributed by atoms with Crippen molar-refractivity contribution < 1.29 is 19.1 Å². The predicted octanol–water partition coefficient (Wildman–Crippen LogP) is 1.31. The molecule has 0 aromatic heterocycles. The van der Waals surface area contributed by atoms with Crippen LogP contribution in [-0.4, -0.2) is 42.3 Å². The van der Waals surface area contributed by atoms with E-state index in [1.165, 1.54) is 12.0 Å². The molecule has 18 heavy (non-hydrogen) atoms. The van der Waals surface area contributed by atoms with Crippen LogP contribution in [-0.2, 0) is 14.3 Å². The van der Waals surface area contributed by atoms with Crippen LogP contribution in [0.4, 0.5) is 4.79 Å². The van der Waals surface area contributed by atoms with E-state index in [-0.39, 0.29) is 0 Å². The number of rotatable bonds is 1. The fraction of sp³-hybridized carbons (Fsp3) is 0.750. The predicted molar refractivity (Wildman–Crippen MR) is 62.5 cm³/mol. The number of nitriles is 1. The first kappa shape index (κ1) is 14.3. The number of methoxy groups -OCH3 is 1. The molecule has 2 atom stereocenters. The van der Waals surface area contributed by atoms with Gasteiger partial charge in [0.2, 0.25) is 0 Å². The molecule has 0 unspecified atom stereocenters. The fourth-order valence-corrected chi connectivity index (χ4v) is 1.87. The van der Waals surface area contributed by atoms with Crippen LogP contribution in [0.2, 0.25) is 0 Å². The number of ether oxygens (including phenoxy) is 2. The molecule has 0 aromatic rings. The Hall–Kier alpha value is -1.77. The third-order valence-electron chi connectivity index (χ3n) is 2.63. The van der Waals surface area contributed by atoms with Crippen molar-refractivity contribution in [2.24, 2.45) is 5.92 Å². The van der Waals surface area contributed by atoms with Gasteiger partial charge in [-0.05, 0) is 27.2 Å². The third-order valence-corrected chi connectivity index (χ3v) is 2.63. The zero-order chi connectivity index (χ0) is 13.9. The number of amides is 1. The summed E-state index contributed by atoms with van der Waals surface area (Å²) in [7, 11) is 1.24. The minimum atomic E-state index is -0.866. The van der Waals surface area contributed by atoms with E-state index in [4.69, 9.17) is 10.00 Å². The average molecular weight is 254 g/mol. The number of carbonyl (C=O) groups excluding carboxylic acids is 2. The Balaban J connectivity index is 2.85. The van der Waals surface area contributed by atoms with Crippen molar-refractivity contribution in [1.29, 1.82) is 5.26 Å². The molecule has 1 rings (SSSR count). The molecule has 0 saturated carbocycles. The minimum absolute atomic E-state index is 0.326. The van der Waals surface area contributed by atoms with E-state index < -0.39 is 29.6 Å². The topological polar surface area (TPSA) is 79.6 Å². The third kappa shape index (κ3) is 3.13. The maximum Gasteiger partial charge on any atom is 0.411 e. The second kappa shape index (κ2) is 5.25. The van der Waals surface area contributed by atoms with Crippen molar-refractivity contribution in [3.8, 4) is 6.07 Å². The van der Waals surface area contributed by atoms with Crippen molar-refractivity contribution in [1.82, 2.24) is 4.90 Å². The van der Waals surface area contributed by atoms with E-state index in [9.17, 15) is 9.59 Å². The van der Waals surface area contributed by atoms with Crippen LogP contribution in [0.3, 0.4) is 0 Å². The smallest absolute Gasteiger partial charge is 0.411 e. The summed E-state index contributed by atoms with van der Waals surface area (Å²) < 4.78 is 9.85. The van der Waals surface area contributed by atoms with E-state index in [1.807, 2.05) is 6.07 Å². The Morgan fingerprint density at radius 2 is 2.00 bits per heavy atom. The molecule has 0 aromatic carbocycles. The summed E-state index contributed by atoms with van der Waals surface area (Å²) in [6.45, 7) is 5.56. The summed E-state index contributed by atoms with van der Waals surface area (Å²) in [4.78, 5) is 24.8. The molecule has 1 heterocycles. The van der Waals surface area contributed by atoms with Crippen molar-refractivity contribution in [2.75, 3.05) is 13.7 Å². The summed E-state index contributed by atoms with van der Waals surface area (Å²) in [5, 5.41) is 8.98. The van der Waals surface area contributed by atoms with Crippen LogP contribution < -0.4 is 0 Å². The van der Waals surface area contributed by atoms with Crippen LogP contribution in [0.1, 0.15) is 27.2 Å². The van der Waals surface area contributed by atoms with Gasteiger partial charge in [-0.2, -0.15) is 5.26 Å². The molecule has 1 saturated heterocycles. The molecule has 1 aliphatic rings. The van der Waals surface area contributed by atoms with E-state index in [2.05, 4.69) is 4.74 Å². The molecule has 0 radical (unpaired) electrons. The lowest BCUT2D eigenvalue weighted by atomic mass is 10.0. The molecule has 6 heteroatoms. The molecular weight excluding hydrogens is 236 g/mol. The second-order valence-electron chi connectivity index (χ2n) is 5.17. The Bertz CT molecular complexity index is 381. The number of esters is 1. The number of likely N-dealkylation sites (tertiary alicyclic amines) is 1. The zero-order valence-corrected chi connectivity index (χ0v) is 11.1. The van der Waals surface area contributed by atoms with Crippen molar-refractivity contribution in [3.63, 3.8) is 0 Å². The molecule has 0 spiro atoms. The lowest BCUT2D eigenvalue weighted by Gasteiger charge is -2.27. The van der Waals surface area contributed by atoms with Gasteiger partial charge in [0.05, 0.1) is 19.1 Å². The number of hydrogen-bond acceptors (Lipinski definition) is 5. The Kier molecular flexibility index (Phi) is 4.17. The van der Waals surface area contributed by atoms with Crippen LogP contribution >= 0.6 is 0 Å². The van der Waals surface area contributed by atoms with E-state index in [0.717, 1.165) is 0 Å². The van der Waals surface area contributed by atoms with Crippen LogP contribution in [0, 0.1) is 17.2 Å². The molecule has 0 N–H and O–H groups in total. The summed E-state index contributed by atoms with van der Waals surface area (Å²) in [6, 6.07) is 1.16. The molecule has 0 bridgehead atoms. The lowest BCUT2D eigenvalue weighted by molar-refractivity contribution is -0.146. The highest BCUT2D eigenvalue weighted by atomic mass is 16.6. The van der Waals surface area contributed by atoms with Crippen LogP contribution in [0.5, 0.6) is 0 Å². The highest BCUT2D eigenvalue weighted by molar-refractivity contribution is 5.83. The van der Waals surface area contributed by atoms with Gasteiger partial charge < -0.3 is 9.47 Å². The largest absolute Gasteiger partial charge is 0.467 e. The molecule has 1 fully saturated rings. The molecular formula is C12H18N2O4. The van der Waals surface area contributed by atoms with Crippen molar-refractivity contribution >= 4 is 12.1 Å². The lowest BCUT2D eigenvalue weighted by Crippen LogP contribution is -2.45. The number of hydrogen-bond donors (Lipinski definition) is 0. The van der Waals surface area contributed by atoms with E-state index in [0.29, 0.717) is 13.0 Å². The van der Waals surface area contributed by atoms with Gasteiger partial charge in [-0.1, -0.05) is 0 Å². The normalized spacial score (nSPS) is 23.4. The summed E-state index contributed by atoms with van der Waals surface area (Å²) in [6.07, 6.45) is -0.133. The minimum Gasteiger partial charge on any atom is -0.467 e. The molecule has 100 valence electrons. The second-order valence-corrected chi connectivity index (χ2v) is 5.17. The highest BCUT2D eigenvalue weighted by Crippen LogP contribution is 2.26. The van der Waals surface area contributed by atoms with E-state index >= 15 is 0 Å². The Labute approximate surface area is 106 Å². The maximum absolute atomic E-state index is 11.9. The summed E-state index contributed by atoms with van der Waals surface area (Å²) >= 11 is 0.